The second-order valence-corrected chi connectivity index (χ2v) is 9.88. The summed E-state index contributed by atoms with van der Waals surface area (Å²) in [6, 6.07) is 7.92. The molecular formula is C26H26ClF3N6O3. The molecule has 9 nitrogen and oxygen atoms in total. The number of nitrogens with zero attached hydrogens (tertiary/aromatic N) is 4. The van der Waals surface area contributed by atoms with Gasteiger partial charge in [-0.3, -0.25) is 4.79 Å². The highest BCUT2D eigenvalue weighted by molar-refractivity contribution is 6.32. The van der Waals surface area contributed by atoms with Gasteiger partial charge in [-0.05, 0) is 50.4 Å². The third kappa shape index (κ3) is 6.12. The van der Waals surface area contributed by atoms with Crippen LogP contribution >= 0.6 is 11.6 Å². The molecule has 206 valence electrons. The fraction of sp³-hybridized carbons (Fsp3) is 0.346. The van der Waals surface area contributed by atoms with Crippen molar-refractivity contribution < 1.29 is 27.4 Å². The Hall–Kier alpha value is -3.77. The van der Waals surface area contributed by atoms with Gasteiger partial charge in [0.05, 0.1) is 16.6 Å². The molecule has 3 aromatic rings. The lowest BCUT2D eigenvalue weighted by molar-refractivity contribution is -0.137. The number of alkyl halides is 3. The summed E-state index contributed by atoms with van der Waals surface area (Å²) in [7, 11) is 1.96. The number of ether oxygens (including phenoxy) is 2. The van der Waals surface area contributed by atoms with Crippen molar-refractivity contribution in [3.05, 3.63) is 58.9 Å². The van der Waals surface area contributed by atoms with Gasteiger partial charge >= 0.3 is 6.18 Å². The van der Waals surface area contributed by atoms with Crippen molar-refractivity contribution in [1.29, 1.82) is 0 Å². The van der Waals surface area contributed by atoms with Crippen molar-refractivity contribution in [2.75, 3.05) is 55.4 Å². The van der Waals surface area contributed by atoms with Crippen molar-refractivity contribution in [1.82, 2.24) is 14.9 Å². The van der Waals surface area contributed by atoms with Crippen LogP contribution < -0.4 is 25.0 Å². The van der Waals surface area contributed by atoms with E-state index in [1.165, 1.54) is 24.5 Å². The zero-order chi connectivity index (χ0) is 27.7. The van der Waals surface area contributed by atoms with Gasteiger partial charge in [0.2, 0.25) is 5.75 Å². The normalized spacial score (nSPS) is 17.6. The molecule has 0 unspecified atom stereocenters. The van der Waals surface area contributed by atoms with Crippen LogP contribution in [0.3, 0.4) is 0 Å². The Morgan fingerprint density at radius 2 is 1.92 bits per heavy atom. The summed E-state index contributed by atoms with van der Waals surface area (Å²) in [6.45, 7) is 4.91. The highest BCUT2D eigenvalue weighted by Crippen LogP contribution is 2.39. The monoisotopic (exact) mass is 562 g/mol. The average Bonchev–Trinajstić information content (AvgIpc) is 2.89. The number of anilines is 3. The minimum atomic E-state index is -4.57. The summed E-state index contributed by atoms with van der Waals surface area (Å²) in [5, 5.41) is 5.95. The Balaban J connectivity index is 1.39. The molecule has 2 aliphatic heterocycles. The van der Waals surface area contributed by atoms with Crippen LogP contribution in [0.4, 0.5) is 30.4 Å². The number of halogens is 4. The van der Waals surface area contributed by atoms with E-state index < -0.39 is 17.6 Å². The first-order valence-corrected chi connectivity index (χ1v) is 12.6. The molecule has 0 spiro atoms. The molecule has 0 radical (unpaired) electrons. The number of carbonyl (C=O) groups is 1. The van der Waals surface area contributed by atoms with Crippen LogP contribution in [0, 0.1) is 0 Å². The predicted octanol–water partition coefficient (Wildman–Crippen LogP) is 5.14. The Kier molecular flexibility index (Phi) is 7.41. The fourth-order valence-corrected chi connectivity index (χ4v) is 4.43. The number of fused-ring (bicyclic) bond motifs is 1. The lowest BCUT2D eigenvalue weighted by Crippen LogP contribution is -2.44. The Morgan fingerprint density at radius 3 is 2.67 bits per heavy atom. The van der Waals surface area contributed by atoms with E-state index in [9.17, 15) is 18.0 Å². The number of aromatic nitrogens is 2. The molecule has 1 amide bonds. The lowest BCUT2D eigenvalue weighted by Gasteiger charge is -2.34. The lowest BCUT2D eigenvalue weighted by atomic mass is 10.1. The number of piperazine rings is 1. The van der Waals surface area contributed by atoms with Crippen molar-refractivity contribution in [3.63, 3.8) is 0 Å². The molecule has 39 heavy (non-hydrogen) atoms. The van der Waals surface area contributed by atoms with E-state index in [1.54, 1.807) is 6.07 Å². The number of nitrogens with one attached hydrogen (secondary N) is 2. The van der Waals surface area contributed by atoms with Crippen LogP contribution in [0.15, 0.2) is 42.7 Å². The van der Waals surface area contributed by atoms with Gasteiger partial charge in [-0.2, -0.15) is 18.2 Å². The number of hydrogen-bond acceptors (Lipinski definition) is 8. The first-order chi connectivity index (χ1) is 18.6. The highest BCUT2D eigenvalue weighted by atomic mass is 35.5. The van der Waals surface area contributed by atoms with Crippen LogP contribution in [-0.4, -0.2) is 66.7 Å². The number of hydrogen-bond donors (Lipinski definition) is 2. The average molecular weight is 563 g/mol. The third-order valence-corrected chi connectivity index (χ3v) is 6.72. The molecule has 1 saturated heterocycles. The minimum absolute atomic E-state index is 0.0274. The summed E-state index contributed by atoms with van der Waals surface area (Å²) in [5.74, 6) is 0.367. The molecule has 13 heteroatoms. The van der Waals surface area contributed by atoms with Gasteiger partial charge in [-0.1, -0.05) is 11.6 Å². The van der Waals surface area contributed by atoms with Crippen LogP contribution in [-0.2, 0) is 6.18 Å². The summed E-state index contributed by atoms with van der Waals surface area (Å²) in [4.78, 5) is 25.4. The SMILES string of the molecule is C[C@@H]1COc2c(ncnc2Oc2cc(C(=O)Nc3cc(N4CCN(C)CC4)cc(C(F)(F)F)c3)ccc2Cl)N1. The Bertz CT molecular complexity index is 1380. The molecule has 3 heterocycles. The summed E-state index contributed by atoms with van der Waals surface area (Å²) < 4.78 is 52.6. The van der Waals surface area contributed by atoms with Gasteiger partial charge in [0.25, 0.3) is 11.8 Å². The molecule has 1 aromatic heterocycles. The second-order valence-electron chi connectivity index (χ2n) is 9.47. The van der Waals surface area contributed by atoms with Crippen molar-refractivity contribution in [3.8, 4) is 17.4 Å². The molecule has 5 rings (SSSR count). The maximum atomic E-state index is 13.7. The molecule has 2 N–H and O–H groups in total. The third-order valence-electron chi connectivity index (χ3n) is 6.40. The first-order valence-electron chi connectivity index (χ1n) is 12.3. The van der Waals surface area contributed by atoms with Gasteiger partial charge in [0.15, 0.2) is 5.82 Å². The van der Waals surface area contributed by atoms with Crippen LogP contribution in [0.2, 0.25) is 5.02 Å². The van der Waals surface area contributed by atoms with E-state index in [0.29, 0.717) is 37.0 Å². The van der Waals surface area contributed by atoms with E-state index in [0.717, 1.165) is 25.2 Å². The second kappa shape index (κ2) is 10.8. The largest absolute Gasteiger partial charge is 0.483 e. The van der Waals surface area contributed by atoms with E-state index in [4.69, 9.17) is 21.1 Å². The molecule has 2 aromatic carbocycles. The Morgan fingerprint density at radius 1 is 1.15 bits per heavy atom. The standard InChI is InChI=1S/C26H26ClF3N6O3/c1-15-13-38-22-23(33-15)31-14-32-25(22)39-21-9-16(3-4-20(21)27)24(37)34-18-10-17(26(28,29)30)11-19(12-18)36-7-5-35(2)6-8-36/h3-4,9-12,14-15H,5-8,13H2,1-2H3,(H,34,37)(H,31,32,33)/t15-/m1/s1. The van der Waals surface area contributed by atoms with Crippen LogP contribution in [0.1, 0.15) is 22.8 Å². The maximum absolute atomic E-state index is 13.7. The number of carbonyl (C=O) groups excluding carboxylic acids is 1. The molecule has 0 bridgehead atoms. The first kappa shape index (κ1) is 26.8. The summed E-state index contributed by atoms with van der Waals surface area (Å²) in [6.07, 6.45) is -3.27. The summed E-state index contributed by atoms with van der Waals surface area (Å²) in [5.41, 5.74) is -0.293. The maximum Gasteiger partial charge on any atom is 0.416 e. The van der Waals surface area contributed by atoms with Gasteiger partial charge in [-0.15, -0.1) is 0 Å². The zero-order valence-electron chi connectivity index (χ0n) is 21.2. The van der Waals surface area contributed by atoms with Crippen molar-refractivity contribution in [2.24, 2.45) is 0 Å². The van der Waals surface area contributed by atoms with Gasteiger partial charge in [0.1, 0.15) is 18.7 Å². The molecule has 0 saturated carbocycles. The number of likely N-dealkylation sites (N-methyl/N-ethyl adjacent to an activating group) is 1. The van der Waals surface area contributed by atoms with Crippen molar-refractivity contribution >= 4 is 34.7 Å². The molecular weight excluding hydrogens is 537 g/mol. The van der Waals surface area contributed by atoms with Crippen molar-refractivity contribution in [2.45, 2.75) is 19.1 Å². The molecule has 1 atom stereocenters. The van der Waals surface area contributed by atoms with Gasteiger partial charge < -0.3 is 29.9 Å². The molecule has 2 aliphatic rings. The molecule has 0 aliphatic carbocycles. The van der Waals surface area contributed by atoms with Crippen LogP contribution in [0.5, 0.6) is 17.4 Å². The van der Waals surface area contributed by atoms with E-state index >= 15 is 0 Å². The van der Waals surface area contributed by atoms with E-state index in [-0.39, 0.29) is 33.9 Å². The smallest absolute Gasteiger partial charge is 0.416 e. The number of amides is 1. The minimum Gasteiger partial charge on any atom is -0.483 e. The van der Waals surface area contributed by atoms with Gasteiger partial charge in [0, 0.05) is 43.1 Å². The zero-order valence-corrected chi connectivity index (χ0v) is 21.9. The van der Waals surface area contributed by atoms with Gasteiger partial charge in [-0.25, -0.2) is 4.98 Å². The molecule has 1 fully saturated rings. The summed E-state index contributed by atoms with van der Waals surface area (Å²) >= 11 is 6.31. The van der Waals surface area contributed by atoms with E-state index in [1.807, 2.05) is 18.9 Å². The quantitative estimate of drug-likeness (QED) is 0.442. The topological polar surface area (TPSA) is 91.8 Å². The van der Waals surface area contributed by atoms with E-state index in [2.05, 4.69) is 25.5 Å². The fourth-order valence-electron chi connectivity index (χ4n) is 4.27. The Labute approximate surface area is 227 Å². The number of rotatable bonds is 5. The van der Waals surface area contributed by atoms with Crippen LogP contribution in [0.25, 0.3) is 0 Å². The highest BCUT2D eigenvalue weighted by Gasteiger charge is 2.32. The predicted molar refractivity (Wildman–Crippen MR) is 141 cm³/mol. The number of benzene rings is 2.